The molecule has 2 saturated carbocycles. The molecule has 3 amide bonds. The Balaban J connectivity index is 0.000000257. The number of nitrogens with zero attached hydrogens (tertiary/aromatic N) is 7. The number of aryl methyl sites for hydroxylation is 1. The molecular formula is C27H32F5N9O3. The highest BCUT2D eigenvalue weighted by atomic mass is 19.4. The fourth-order valence-corrected chi connectivity index (χ4v) is 4.57. The number of hydrogen-bond acceptors (Lipinski definition) is 8. The first-order valence-corrected chi connectivity index (χ1v) is 14.1. The number of nitriles is 1. The lowest BCUT2D eigenvalue weighted by atomic mass is 9.87. The number of imidazole rings is 1. The normalized spacial score (nSPS) is 19.5. The number of hydrogen-bond donors (Lipinski definition) is 2. The third-order valence-corrected chi connectivity index (χ3v) is 7.35. The van der Waals surface area contributed by atoms with Crippen LogP contribution in [0.15, 0.2) is 23.1 Å². The van der Waals surface area contributed by atoms with Gasteiger partial charge >= 0.3 is 12.2 Å². The molecule has 3 aromatic rings. The predicted molar refractivity (Wildman–Crippen MR) is 143 cm³/mol. The monoisotopic (exact) mass is 625 g/mol. The highest BCUT2D eigenvalue weighted by Crippen LogP contribution is 2.32. The molecule has 1 atom stereocenters. The number of alkyl halides is 5. The first-order valence-electron chi connectivity index (χ1n) is 14.1. The average molecular weight is 626 g/mol. The van der Waals surface area contributed by atoms with Crippen molar-refractivity contribution in [3.8, 4) is 6.07 Å². The summed E-state index contributed by atoms with van der Waals surface area (Å²) in [6, 6.07) is 1.12. The van der Waals surface area contributed by atoms with E-state index in [1.165, 1.54) is 17.1 Å². The minimum absolute atomic E-state index is 0.0424. The van der Waals surface area contributed by atoms with Crippen LogP contribution in [0.2, 0.25) is 0 Å². The van der Waals surface area contributed by atoms with E-state index in [2.05, 4.69) is 36.4 Å². The van der Waals surface area contributed by atoms with Crippen LogP contribution >= 0.6 is 0 Å². The predicted octanol–water partition coefficient (Wildman–Crippen LogP) is 4.70. The van der Waals surface area contributed by atoms with Gasteiger partial charge in [0, 0.05) is 25.3 Å². The van der Waals surface area contributed by atoms with Gasteiger partial charge in [-0.15, -0.1) is 0 Å². The standard InChI is InChI=1S/C16H15F3N8O3.C6H10F2.C5H7N/c1-8-13(25-30-24-8)14(28)20-4-10-6-27-12(22-10)2-9(3-21-27)5-26-7-11(16(17,18)19)23-15(26)29;7-6(8)4-2-1-3-5-6;6-4-5-2-1-3-5/h2-3,6,11H,4-5,7H2,1H3,(H,20,28)(H,23,29);1-5H2;5H,1-3H2. The molecule has 12 nitrogen and oxygen atoms in total. The van der Waals surface area contributed by atoms with E-state index in [1.807, 2.05) is 5.32 Å². The fourth-order valence-electron chi connectivity index (χ4n) is 4.57. The molecule has 1 saturated heterocycles. The molecule has 3 aromatic heterocycles. The topological polar surface area (TPSA) is 154 Å². The van der Waals surface area contributed by atoms with Gasteiger partial charge in [-0.05, 0) is 49.4 Å². The molecule has 0 aromatic carbocycles. The van der Waals surface area contributed by atoms with E-state index in [0.717, 1.165) is 24.2 Å². The van der Waals surface area contributed by atoms with Gasteiger partial charge in [-0.25, -0.2) is 27.7 Å². The largest absolute Gasteiger partial charge is 0.410 e. The van der Waals surface area contributed by atoms with Gasteiger partial charge in [0.1, 0.15) is 11.7 Å². The van der Waals surface area contributed by atoms with Crippen molar-refractivity contribution in [2.24, 2.45) is 5.92 Å². The zero-order chi connectivity index (χ0) is 31.9. The number of rotatable bonds is 5. The molecule has 0 radical (unpaired) electrons. The second-order valence-corrected chi connectivity index (χ2v) is 10.9. The van der Waals surface area contributed by atoms with Gasteiger partial charge in [0.2, 0.25) is 5.92 Å². The van der Waals surface area contributed by atoms with Gasteiger partial charge in [0.05, 0.1) is 37.2 Å². The lowest BCUT2D eigenvalue weighted by Gasteiger charge is -2.20. The van der Waals surface area contributed by atoms with Gasteiger partial charge in [-0.3, -0.25) is 4.79 Å². The highest BCUT2D eigenvalue weighted by Gasteiger charge is 2.46. The summed E-state index contributed by atoms with van der Waals surface area (Å²) in [4.78, 5) is 29.2. The average Bonchev–Trinajstić information content (AvgIpc) is 3.65. The number of carbonyl (C=O) groups excluding carboxylic acids is 2. The third kappa shape index (κ3) is 8.83. The third-order valence-electron chi connectivity index (χ3n) is 7.35. The fraction of sp³-hybridized carbons (Fsp3) is 0.593. The smallest absolute Gasteiger partial charge is 0.345 e. The van der Waals surface area contributed by atoms with Gasteiger partial charge in [-0.1, -0.05) is 18.0 Å². The summed E-state index contributed by atoms with van der Waals surface area (Å²) in [6.07, 6.45) is 4.77. The van der Waals surface area contributed by atoms with Gasteiger partial charge in [-0.2, -0.15) is 23.5 Å². The Morgan fingerprint density at radius 2 is 1.93 bits per heavy atom. The van der Waals surface area contributed by atoms with Crippen LogP contribution in [0.25, 0.3) is 5.65 Å². The maximum Gasteiger partial charge on any atom is 0.410 e. The van der Waals surface area contributed by atoms with E-state index in [1.54, 1.807) is 19.2 Å². The molecule has 3 aliphatic rings. The summed E-state index contributed by atoms with van der Waals surface area (Å²) in [5.41, 5.74) is 1.86. The summed E-state index contributed by atoms with van der Waals surface area (Å²) in [6.45, 7) is 1.15. The van der Waals surface area contributed by atoms with Crippen molar-refractivity contribution >= 4 is 17.6 Å². The molecule has 17 heteroatoms. The van der Waals surface area contributed by atoms with Crippen molar-refractivity contribution in [3.05, 3.63) is 41.1 Å². The van der Waals surface area contributed by atoms with Gasteiger partial charge < -0.3 is 15.5 Å². The minimum atomic E-state index is -4.50. The molecule has 44 heavy (non-hydrogen) atoms. The number of fused-ring (bicyclic) bond motifs is 1. The summed E-state index contributed by atoms with van der Waals surface area (Å²) in [5, 5.41) is 23.9. The maximum absolute atomic E-state index is 12.8. The van der Waals surface area contributed by atoms with Crippen LogP contribution in [0.1, 0.15) is 78.8 Å². The van der Waals surface area contributed by atoms with Crippen LogP contribution in [0.5, 0.6) is 0 Å². The summed E-state index contributed by atoms with van der Waals surface area (Å²) in [7, 11) is 0. The van der Waals surface area contributed by atoms with E-state index in [-0.39, 0.29) is 31.6 Å². The molecular weight excluding hydrogens is 593 g/mol. The Morgan fingerprint density at radius 3 is 2.43 bits per heavy atom. The van der Waals surface area contributed by atoms with Crippen LogP contribution in [0, 0.1) is 24.2 Å². The van der Waals surface area contributed by atoms with Gasteiger partial charge in [0.25, 0.3) is 5.91 Å². The first-order chi connectivity index (χ1) is 20.8. The summed E-state index contributed by atoms with van der Waals surface area (Å²) < 4.78 is 68.7. The molecule has 0 spiro atoms. The lowest BCUT2D eigenvalue weighted by Crippen LogP contribution is -2.40. The Bertz CT molecular complexity index is 1470. The van der Waals surface area contributed by atoms with Crippen molar-refractivity contribution in [3.63, 3.8) is 0 Å². The van der Waals surface area contributed by atoms with Crippen LogP contribution in [0.3, 0.4) is 0 Å². The van der Waals surface area contributed by atoms with Crippen molar-refractivity contribution in [2.45, 2.75) is 89.5 Å². The molecule has 2 aliphatic carbocycles. The number of amides is 3. The number of aromatic nitrogens is 5. The number of halogens is 5. The van der Waals surface area contributed by atoms with E-state index in [4.69, 9.17) is 5.26 Å². The Kier molecular flexibility index (Phi) is 10.3. The summed E-state index contributed by atoms with van der Waals surface area (Å²) >= 11 is 0. The van der Waals surface area contributed by atoms with Gasteiger partial charge in [0.15, 0.2) is 11.3 Å². The van der Waals surface area contributed by atoms with E-state index in [9.17, 15) is 31.5 Å². The highest BCUT2D eigenvalue weighted by molar-refractivity contribution is 5.92. The van der Waals surface area contributed by atoms with Crippen molar-refractivity contribution in [1.29, 1.82) is 5.26 Å². The molecule has 6 rings (SSSR count). The van der Waals surface area contributed by atoms with Crippen LogP contribution in [-0.2, 0) is 13.1 Å². The zero-order valence-electron chi connectivity index (χ0n) is 23.9. The quantitative estimate of drug-likeness (QED) is 0.387. The zero-order valence-corrected chi connectivity index (χ0v) is 23.9. The molecule has 4 heterocycles. The van der Waals surface area contributed by atoms with E-state index in [0.29, 0.717) is 41.4 Å². The van der Waals surface area contributed by atoms with Crippen LogP contribution < -0.4 is 10.6 Å². The second kappa shape index (κ2) is 14.0. The number of urea groups is 1. The van der Waals surface area contributed by atoms with Crippen molar-refractivity contribution in [2.75, 3.05) is 6.54 Å². The second-order valence-electron chi connectivity index (χ2n) is 10.9. The van der Waals surface area contributed by atoms with Crippen LogP contribution in [-0.4, -0.2) is 66.4 Å². The molecule has 0 bridgehead atoms. The number of carbonyl (C=O) groups is 2. The van der Waals surface area contributed by atoms with Crippen molar-refractivity contribution in [1.82, 2.24) is 40.4 Å². The molecule has 1 unspecified atom stereocenters. The first kappa shape index (κ1) is 32.6. The van der Waals surface area contributed by atoms with Crippen molar-refractivity contribution < 1.29 is 36.2 Å². The van der Waals surface area contributed by atoms with E-state index < -0.39 is 36.6 Å². The number of nitrogens with one attached hydrogen (secondary N) is 2. The van der Waals surface area contributed by atoms with E-state index >= 15 is 0 Å². The lowest BCUT2D eigenvalue weighted by molar-refractivity contribution is -0.149. The Hall–Kier alpha value is -4.36. The Morgan fingerprint density at radius 1 is 1.20 bits per heavy atom. The minimum Gasteiger partial charge on any atom is -0.345 e. The Labute approximate surface area is 248 Å². The SMILES string of the molecule is Cc1nonc1C(=O)NCc1cn2ncc(CN3CC(C(F)(F)F)NC3=O)cc2n1.FC1(F)CCCCC1.N#CC1CCC1. The maximum atomic E-state index is 12.8. The molecule has 3 fully saturated rings. The molecule has 2 N–H and O–H groups in total. The summed E-state index contributed by atoms with van der Waals surface area (Å²) in [5.74, 6) is -2.37. The van der Waals surface area contributed by atoms with Crippen LogP contribution in [0.4, 0.5) is 26.7 Å². The molecule has 1 aliphatic heterocycles. The molecule has 238 valence electrons.